The number of halogens is 1. The second-order valence-corrected chi connectivity index (χ2v) is 7.22. The van der Waals surface area contributed by atoms with Crippen molar-refractivity contribution in [1.82, 2.24) is 0 Å². The van der Waals surface area contributed by atoms with E-state index in [1.807, 2.05) is 38.1 Å². The van der Waals surface area contributed by atoms with Crippen LogP contribution in [0.3, 0.4) is 0 Å². The molecule has 1 aliphatic rings. The summed E-state index contributed by atoms with van der Waals surface area (Å²) in [5, 5.41) is 0. The molecule has 0 spiro atoms. The van der Waals surface area contributed by atoms with Gasteiger partial charge >= 0.3 is 5.97 Å². The molecule has 0 N–H and O–H groups in total. The van der Waals surface area contributed by atoms with E-state index < -0.39 is 5.82 Å². The van der Waals surface area contributed by atoms with E-state index in [0.717, 1.165) is 28.9 Å². The molecule has 0 aliphatic carbocycles. The lowest BCUT2D eigenvalue weighted by Crippen LogP contribution is -2.24. The molecule has 1 heterocycles. The fourth-order valence-electron chi connectivity index (χ4n) is 3.29. The first kappa shape index (κ1) is 19.2. The number of esters is 1. The van der Waals surface area contributed by atoms with Crippen LogP contribution in [0.2, 0.25) is 0 Å². The first-order valence-corrected chi connectivity index (χ1v) is 9.29. The number of hydrogen-bond donors (Lipinski definition) is 0. The lowest BCUT2D eigenvalue weighted by Gasteiger charge is -2.16. The predicted octanol–water partition coefficient (Wildman–Crippen LogP) is 4.93. The van der Waals surface area contributed by atoms with Gasteiger partial charge in [0.2, 0.25) is 0 Å². The molecule has 0 radical (unpaired) electrons. The highest BCUT2D eigenvalue weighted by Gasteiger charge is 2.31. The van der Waals surface area contributed by atoms with Crippen molar-refractivity contribution in [2.45, 2.75) is 45.6 Å². The van der Waals surface area contributed by atoms with Crippen molar-refractivity contribution in [3.63, 3.8) is 0 Å². The Morgan fingerprint density at radius 2 is 2.07 bits per heavy atom. The largest absolute Gasteiger partial charge is 0.491 e. The number of fused-ring (bicyclic) bond motifs is 1. The van der Waals surface area contributed by atoms with Gasteiger partial charge in [-0.3, -0.25) is 4.79 Å². The van der Waals surface area contributed by atoms with Gasteiger partial charge in [0.25, 0.3) is 0 Å². The summed E-state index contributed by atoms with van der Waals surface area (Å²) in [5.41, 5.74) is 2.62. The SMILES string of the molecule is CCOC(=O)CCCOc1ccc(-c2cccc3c2CC(C)(C)O3)cc1F. The van der Waals surface area contributed by atoms with Crippen molar-refractivity contribution < 1.29 is 23.4 Å². The summed E-state index contributed by atoms with van der Waals surface area (Å²) in [6, 6.07) is 10.8. The Morgan fingerprint density at radius 3 is 2.81 bits per heavy atom. The minimum atomic E-state index is -0.417. The van der Waals surface area contributed by atoms with Crippen molar-refractivity contribution in [3.05, 3.63) is 47.8 Å². The summed E-state index contributed by atoms with van der Waals surface area (Å²) in [6.07, 6.45) is 1.53. The van der Waals surface area contributed by atoms with E-state index in [1.165, 1.54) is 6.07 Å². The molecule has 1 aliphatic heterocycles. The van der Waals surface area contributed by atoms with E-state index in [2.05, 4.69) is 0 Å². The molecule has 3 rings (SSSR count). The Morgan fingerprint density at radius 1 is 1.26 bits per heavy atom. The number of carbonyl (C=O) groups excluding carboxylic acids is 1. The van der Waals surface area contributed by atoms with Crippen molar-refractivity contribution >= 4 is 5.97 Å². The molecule has 4 nitrogen and oxygen atoms in total. The van der Waals surface area contributed by atoms with E-state index in [9.17, 15) is 9.18 Å². The molecule has 0 bridgehead atoms. The van der Waals surface area contributed by atoms with Gasteiger partial charge in [-0.2, -0.15) is 0 Å². The highest BCUT2D eigenvalue weighted by atomic mass is 19.1. The van der Waals surface area contributed by atoms with Crippen molar-refractivity contribution in [2.75, 3.05) is 13.2 Å². The maximum atomic E-state index is 14.5. The molecule has 0 unspecified atom stereocenters. The van der Waals surface area contributed by atoms with Gasteiger partial charge < -0.3 is 14.2 Å². The van der Waals surface area contributed by atoms with Gasteiger partial charge in [0.05, 0.1) is 13.2 Å². The van der Waals surface area contributed by atoms with Crippen LogP contribution in [0.4, 0.5) is 4.39 Å². The smallest absolute Gasteiger partial charge is 0.305 e. The van der Waals surface area contributed by atoms with Gasteiger partial charge in [-0.15, -0.1) is 0 Å². The maximum absolute atomic E-state index is 14.5. The van der Waals surface area contributed by atoms with E-state index >= 15 is 0 Å². The van der Waals surface area contributed by atoms with Crippen LogP contribution in [-0.2, 0) is 16.0 Å². The zero-order valence-corrected chi connectivity index (χ0v) is 16.0. The van der Waals surface area contributed by atoms with Crippen molar-refractivity contribution in [1.29, 1.82) is 0 Å². The molecule has 27 heavy (non-hydrogen) atoms. The van der Waals surface area contributed by atoms with Crippen LogP contribution >= 0.6 is 0 Å². The monoisotopic (exact) mass is 372 g/mol. The second-order valence-electron chi connectivity index (χ2n) is 7.22. The van der Waals surface area contributed by atoms with Crippen LogP contribution in [-0.4, -0.2) is 24.8 Å². The summed E-state index contributed by atoms with van der Waals surface area (Å²) in [6.45, 7) is 6.48. The first-order valence-electron chi connectivity index (χ1n) is 9.29. The van der Waals surface area contributed by atoms with Crippen LogP contribution in [0.5, 0.6) is 11.5 Å². The van der Waals surface area contributed by atoms with E-state index in [0.29, 0.717) is 13.0 Å². The lowest BCUT2D eigenvalue weighted by atomic mass is 9.93. The quantitative estimate of drug-likeness (QED) is 0.511. The average molecular weight is 372 g/mol. The number of ether oxygens (including phenoxy) is 3. The molecule has 144 valence electrons. The normalized spacial score (nSPS) is 14.4. The fraction of sp³-hybridized carbons (Fsp3) is 0.409. The molecule has 5 heteroatoms. The number of carbonyl (C=O) groups is 1. The van der Waals surface area contributed by atoms with E-state index in [4.69, 9.17) is 14.2 Å². The fourth-order valence-corrected chi connectivity index (χ4v) is 3.29. The van der Waals surface area contributed by atoms with Crippen LogP contribution in [0.1, 0.15) is 39.2 Å². The Hall–Kier alpha value is -2.56. The molecule has 2 aromatic carbocycles. The molecule has 0 saturated carbocycles. The molecule has 0 saturated heterocycles. The summed E-state index contributed by atoms with van der Waals surface area (Å²) in [4.78, 5) is 11.3. The van der Waals surface area contributed by atoms with Gasteiger partial charge in [0.1, 0.15) is 11.4 Å². The molecule has 0 atom stereocenters. The van der Waals surface area contributed by atoms with Gasteiger partial charge in [-0.05, 0) is 56.5 Å². The third-order valence-electron chi connectivity index (χ3n) is 4.45. The average Bonchev–Trinajstić information content (AvgIpc) is 2.93. The topological polar surface area (TPSA) is 44.8 Å². The molecule has 2 aromatic rings. The van der Waals surface area contributed by atoms with Crippen LogP contribution in [0, 0.1) is 5.82 Å². The van der Waals surface area contributed by atoms with Crippen LogP contribution < -0.4 is 9.47 Å². The van der Waals surface area contributed by atoms with Crippen LogP contribution in [0.25, 0.3) is 11.1 Å². The van der Waals surface area contributed by atoms with Gasteiger partial charge in [0.15, 0.2) is 11.6 Å². The highest BCUT2D eigenvalue weighted by Crippen LogP contribution is 2.41. The molecular weight excluding hydrogens is 347 g/mol. The standard InChI is InChI=1S/C22H25FO4/c1-4-25-21(24)9-6-12-26-20-11-10-15(13-18(20)23)16-7-5-8-19-17(16)14-22(2,3)27-19/h5,7-8,10-11,13H,4,6,9,12,14H2,1-3H3. The Kier molecular flexibility index (Phi) is 5.68. The van der Waals surface area contributed by atoms with Gasteiger partial charge in [-0.25, -0.2) is 4.39 Å². The Bertz CT molecular complexity index is 829. The first-order chi connectivity index (χ1) is 12.9. The van der Waals surface area contributed by atoms with Gasteiger partial charge in [0, 0.05) is 18.4 Å². The van der Waals surface area contributed by atoms with Crippen molar-refractivity contribution in [2.24, 2.45) is 0 Å². The van der Waals surface area contributed by atoms with Crippen molar-refractivity contribution in [3.8, 4) is 22.6 Å². The van der Waals surface area contributed by atoms with E-state index in [1.54, 1.807) is 13.0 Å². The predicted molar refractivity (Wildman–Crippen MR) is 102 cm³/mol. The molecule has 0 amide bonds. The second kappa shape index (κ2) is 7.99. The molecule has 0 fully saturated rings. The molecular formula is C22H25FO4. The minimum Gasteiger partial charge on any atom is -0.491 e. The summed E-state index contributed by atoms with van der Waals surface area (Å²) in [5.74, 6) is 0.364. The number of benzene rings is 2. The lowest BCUT2D eigenvalue weighted by molar-refractivity contribution is -0.143. The maximum Gasteiger partial charge on any atom is 0.305 e. The van der Waals surface area contributed by atoms with Crippen LogP contribution in [0.15, 0.2) is 36.4 Å². The molecule has 0 aromatic heterocycles. The van der Waals surface area contributed by atoms with E-state index in [-0.39, 0.29) is 30.3 Å². The Labute approximate surface area is 159 Å². The third-order valence-corrected chi connectivity index (χ3v) is 4.45. The highest BCUT2D eigenvalue weighted by molar-refractivity contribution is 5.72. The number of rotatable bonds is 7. The summed E-state index contributed by atoms with van der Waals surface area (Å²) < 4.78 is 30.8. The zero-order valence-electron chi connectivity index (χ0n) is 16.0. The summed E-state index contributed by atoms with van der Waals surface area (Å²) in [7, 11) is 0. The minimum absolute atomic E-state index is 0.187. The summed E-state index contributed by atoms with van der Waals surface area (Å²) >= 11 is 0. The number of hydrogen-bond acceptors (Lipinski definition) is 4. The third kappa shape index (κ3) is 4.59. The Balaban J connectivity index is 1.68. The zero-order chi connectivity index (χ0) is 19.4. The van der Waals surface area contributed by atoms with Gasteiger partial charge in [-0.1, -0.05) is 18.2 Å².